The molecule has 5 aliphatic rings. The highest BCUT2D eigenvalue weighted by Crippen LogP contribution is 2.43. The Morgan fingerprint density at radius 2 is 1.61 bits per heavy atom. The molecule has 3 saturated heterocycles. The number of halogens is 3. The quantitative estimate of drug-likeness (QED) is 0.340. The number of fused-ring (bicyclic) bond motifs is 2. The van der Waals surface area contributed by atoms with Gasteiger partial charge in [-0.3, -0.25) is 43.8 Å². The predicted octanol–water partition coefficient (Wildman–Crippen LogP) is 3.59. The summed E-state index contributed by atoms with van der Waals surface area (Å²) in [6.45, 7) is 8.19. The zero-order valence-electron chi connectivity index (χ0n) is 30.8. The second-order valence-electron chi connectivity index (χ2n) is 15.8. The molecule has 5 amide bonds. The lowest BCUT2D eigenvalue weighted by Crippen LogP contribution is -2.54. The van der Waals surface area contributed by atoms with Gasteiger partial charge in [0.1, 0.15) is 11.6 Å². The molecule has 3 unspecified atom stereocenters. The van der Waals surface area contributed by atoms with Crippen LogP contribution in [0.2, 0.25) is 0 Å². The number of hydrogen-bond donors (Lipinski definition) is 2. The molecular formula is C39H40F3N9O5. The number of aromatic nitrogens is 2. The van der Waals surface area contributed by atoms with Crippen molar-refractivity contribution >= 4 is 46.6 Å². The molecule has 1 aliphatic carbocycles. The Morgan fingerprint density at radius 3 is 2.27 bits per heavy atom. The Morgan fingerprint density at radius 1 is 0.911 bits per heavy atom. The summed E-state index contributed by atoms with van der Waals surface area (Å²) in [5, 5.41) is 18.3. The van der Waals surface area contributed by atoms with E-state index in [1.54, 1.807) is 38.4 Å². The molecule has 0 spiro atoms. The van der Waals surface area contributed by atoms with Crippen LogP contribution in [0.3, 0.4) is 0 Å². The van der Waals surface area contributed by atoms with E-state index in [-0.39, 0.29) is 29.7 Å². The van der Waals surface area contributed by atoms with Crippen LogP contribution < -0.4 is 20.4 Å². The largest absolute Gasteiger partial charge is 0.417 e. The summed E-state index contributed by atoms with van der Waals surface area (Å²) in [5.74, 6) is -1.65. The highest BCUT2D eigenvalue weighted by molar-refractivity contribution is 6.23. The molecule has 17 heteroatoms. The lowest BCUT2D eigenvalue weighted by Gasteiger charge is -2.39. The number of nitriles is 1. The first kappa shape index (κ1) is 37.2. The normalized spacial score (nSPS) is 24.3. The molecule has 292 valence electrons. The molecule has 14 nitrogen and oxygen atoms in total. The Kier molecular flexibility index (Phi) is 9.14. The number of anilines is 3. The van der Waals surface area contributed by atoms with Gasteiger partial charge in [0.15, 0.2) is 0 Å². The van der Waals surface area contributed by atoms with Gasteiger partial charge in [0, 0.05) is 69.3 Å². The number of hydrogen-bond acceptors (Lipinski definition) is 10. The molecule has 0 radical (unpaired) electrons. The molecule has 56 heavy (non-hydrogen) atoms. The summed E-state index contributed by atoms with van der Waals surface area (Å²) in [6, 6.07) is 9.35. The van der Waals surface area contributed by atoms with Gasteiger partial charge in [-0.1, -0.05) is 0 Å². The number of nitrogens with one attached hydrogen (secondary N) is 2. The van der Waals surface area contributed by atoms with Crippen molar-refractivity contribution in [2.24, 2.45) is 11.8 Å². The Hall–Kier alpha value is -5.76. The Labute approximate surface area is 320 Å². The van der Waals surface area contributed by atoms with Crippen molar-refractivity contribution < 1.29 is 37.1 Å². The summed E-state index contributed by atoms with van der Waals surface area (Å²) >= 11 is 0. The molecule has 4 fully saturated rings. The van der Waals surface area contributed by atoms with Crippen molar-refractivity contribution in [2.45, 2.75) is 63.3 Å². The number of amides is 5. The first-order valence-corrected chi connectivity index (χ1v) is 18.7. The van der Waals surface area contributed by atoms with E-state index in [2.05, 4.69) is 30.4 Å². The van der Waals surface area contributed by atoms with Crippen LogP contribution in [0.1, 0.15) is 71.4 Å². The molecule has 8 rings (SSSR count). The van der Waals surface area contributed by atoms with E-state index in [1.807, 2.05) is 6.07 Å². The van der Waals surface area contributed by atoms with Gasteiger partial charge in [0.25, 0.3) is 17.7 Å². The highest BCUT2D eigenvalue weighted by atomic mass is 19.4. The minimum absolute atomic E-state index is 0.0702. The average Bonchev–Trinajstić information content (AvgIpc) is 3.95. The van der Waals surface area contributed by atoms with Gasteiger partial charge in [0.2, 0.25) is 11.8 Å². The fraction of sp³-hybridized carbons (Fsp3) is 0.462. The second kappa shape index (κ2) is 13.8. The molecule has 0 bridgehead atoms. The number of piperidine rings is 1. The van der Waals surface area contributed by atoms with Crippen LogP contribution in [0.4, 0.5) is 30.2 Å². The first-order chi connectivity index (χ1) is 26.6. The van der Waals surface area contributed by atoms with Crippen LogP contribution in [0.15, 0.2) is 48.8 Å². The zero-order chi connectivity index (χ0) is 39.7. The highest BCUT2D eigenvalue weighted by Gasteiger charge is 2.47. The molecule has 2 N–H and O–H groups in total. The Balaban J connectivity index is 0.839. The van der Waals surface area contributed by atoms with Gasteiger partial charge in [-0.05, 0) is 81.3 Å². The summed E-state index contributed by atoms with van der Waals surface area (Å²) < 4.78 is 41.9. The van der Waals surface area contributed by atoms with Crippen molar-refractivity contribution in [1.29, 1.82) is 5.26 Å². The SMILES string of the molecule is CC(C)(C(=O)Nc1ccc(C#N)c(C(F)(F)F)c1)n1cc(N2CCN(C3CC4CN(c5ccc6c(c5)C(=O)N(C5CCC(=O)NC5=O)C6=O)CC4C3)CC2)cn1. The van der Waals surface area contributed by atoms with Crippen molar-refractivity contribution in [3.63, 3.8) is 0 Å². The molecule has 2 aromatic carbocycles. The van der Waals surface area contributed by atoms with Gasteiger partial charge in [-0.25, -0.2) is 0 Å². The van der Waals surface area contributed by atoms with E-state index < -0.39 is 58.4 Å². The molecule has 3 aromatic rings. The fourth-order valence-electron chi connectivity index (χ4n) is 8.90. The maximum absolute atomic E-state index is 13.5. The minimum Gasteiger partial charge on any atom is -0.371 e. The molecule has 4 aliphatic heterocycles. The van der Waals surface area contributed by atoms with E-state index in [0.29, 0.717) is 17.9 Å². The predicted molar refractivity (Wildman–Crippen MR) is 195 cm³/mol. The Bertz CT molecular complexity index is 2170. The van der Waals surface area contributed by atoms with Crippen LogP contribution in [-0.2, 0) is 26.1 Å². The van der Waals surface area contributed by atoms with Gasteiger partial charge in [-0.2, -0.15) is 23.5 Å². The lowest BCUT2D eigenvalue weighted by atomic mass is 10.0. The number of benzene rings is 2. The molecule has 5 heterocycles. The number of carbonyl (C=O) groups is 5. The molecule has 1 saturated carbocycles. The first-order valence-electron chi connectivity index (χ1n) is 18.7. The van der Waals surface area contributed by atoms with Gasteiger partial charge in [-0.15, -0.1) is 0 Å². The topological polar surface area (TPSA) is 164 Å². The standard InChI is InChI=1S/C39H40F3N9O5/c1-38(2,37(56)45-25-4-3-22(17-43)31(15-25)39(40,41)42)50-21-28(18-44-50)48-11-9-47(10-12-48)27-13-23-19-49(20-24(23)14-27)26-5-6-29-30(16-26)36(55)51(35(29)54)32-7-8-33(52)46-34(32)53/h3-6,15-16,18,21,23-24,27,32H,7-14,19-20H2,1-2H3,(H,45,56)(H,46,52,53). The summed E-state index contributed by atoms with van der Waals surface area (Å²) in [7, 11) is 0. The summed E-state index contributed by atoms with van der Waals surface area (Å²) in [4.78, 5) is 71.9. The smallest absolute Gasteiger partial charge is 0.371 e. The third-order valence-electron chi connectivity index (χ3n) is 12.1. The van der Waals surface area contributed by atoms with E-state index in [4.69, 9.17) is 5.26 Å². The minimum atomic E-state index is -4.74. The van der Waals surface area contributed by atoms with Gasteiger partial charge in [0.05, 0.1) is 40.2 Å². The van der Waals surface area contributed by atoms with Crippen LogP contribution >= 0.6 is 0 Å². The third-order valence-corrected chi connectivity index (χ3v) is 12.1. The summed E-state index contributed by atoms with van der Waals surface area (Å²) in [6.07, 6.45) is 1.01. The molecular weight excluding hydrogens is 731 g/mol. The number of nitrogens with zero attached hydrogens (tertiary/aromatic N) is 7. The van der Waals surface area contributed by atoms with Crippen molar-refractivity contribution in [3.8, 4) is 6.07 Å². The maximum atomic E-state index is 13.5. The van der Waals surface area contributed by atoms with E-state index in [9.17, 15) is 37.1 Å². The average molecular weight is 772 g/mol. The van der Waals surface area contributed by atoms with Crippen LogP contribution in [0.25, 0.3) is 0 Å². The van der Waals surface area contributed by atoms with Crippen molar-refractivity contribution in [3.05, 3.63) is 71.0 Å². The monoisotopic (exact) mass is 771 g/mol. The fourth-order valence-corrected chi connectivity index (χ4v) is 8.90. The maximum Gasteiger partial charge on any atom is 0.417 e. The van der Waals surface area contributed by atoms with E-state index in [0.717, 1.165) is 80.5 Å². The number of imide groups is 2. The molecule has 3 atom stereocenters. The van der Waals surface area contributed by atoms with Gasteiger partial charge >= 0.3 is 6.18 Å². The summed E-state index contributed by atoms with van der Waals surface area (Å²) in [5.41, 5.74) is -0.664. The zero-order valence-corrected chi connectivity index (χ0v) is 30.8. The number of piperazine rings is 1. The van der Waals surface area contributed by atoms with Crippen molar-refractivity contribution in [1.82, 2.24) is 24.9 Å². The third kappa shape index (κ3) is 6.55. The lowest BCUT2D eigenvalue weighted by molar-refractivity contribution is -0.138. The number of rotatable bonds is 7. The second-order valence-corrected chi connectivity index (χ2v) is 15.8. The van der Waals surface area contributed by atoms with Crippen LogP contribution in [0, 0.1) is 23.2 Å². The van der Waals surface area contributed by atoms with Crippen LogP contribution in [-0.4, -0.2) is 100 Å². The van der Waals surface area contributed by atoms with E-state index in [1.165, 1.54) is 16.8 Å². The number of carbonyl (C=O) groups excluding carboxylic acids is 5. The van der Waals surface area contributed by atoms with Crippen LogP contribution in [0.5, 0.6) is 0 Å². The molecule has 1 aromatic heterocycles. The van der Waals surface area contributed by atoms with Gasteiger partial charge < -0.3 is 15.1 Å². The van der Waals surface area contributed by atoms with Crippen molar-refractivity contribution in [2.75, 3.05) is 54.4 Å². The van der Waals surface area contributed by atoms with E-state index >= 15 is 0 Å². The number of alkyl halides is 3.